The number of ether oxygens (including phenoxy) is 1. The van der Waals surface area contributed by atoms with Crippen LogP contribution in [0.5, 0.6) is 5.75 Å². The highest BCUT2D eigenvalue weighted by Gasteiger charge is 2.28. The lowest BCUT2D eigenvalue weighted by molar-refractivity contribution is 0.0753. The van der Waals surface area contributed by atoms with E-state index in [2.05, 4.69) is 34.1 Å². The molecule has 1 unspecified atom stereocenters. The molecule has 1 saturated heterocycles. The SMILES string of the molecule is COc1ccc(N2CCN(C(C)C(=O)n3c4ccccc4c4ccccc43)CC2)cc1. The van der Waals surface area contributed by atoms with Gasteiger partial charge in [-0.1, -0.05) is 36.4 Å². The van der Waals surface area contributed by atoms with Gasteiger partial charge in [-0.05, 0) is 43.3 Å². The molecule has 5 heteroatoms. The first-order chi connectivity index (χ1) is 15.2. The highest BCUT2D eigenvalue weighted by Crippen LogP contribution is 2.29. The van der Waals surface area contributed by atoms with Crippen LogP contribution >= 0.6 is 0 Å². The number of aromatic nitrogens is 1. The minimum atomic E-state index is -0.183. The number of nitrogens with zero attached hydrogens (tertiary/aromatic N) is 3. The van der Waals surface area contributed by atoms with Crippen LogP contribution < -0.4 is 9.64 Å². The highest BCUT2D eigenvalue weighted by molar-refractivity contribution is 6.13. The number of methoxy groups -OCH3 is 1. The summed E-state index contributed by atoms with van der Waals surface area (Å²) in [6, 6.07) is 24.4. The number of piperazine rings is 1. The van der Waals surface area contributed by atoms with E-state index in [1.807, 2.05) is 60.0 Å². The van der Waals surface area contributed by atoms with Crippen molar-refractivity contribution in [2.24, 2.45) is 0 Å². The predicted molar refractivity (Wildman–Crippen MR) is 126 cm³/mol. The Morgan fingerprint density at radius 1 is 0.806 bits per heavy atom. The first kappa shape index (κ1) is 19.6. The summed E-state index contributed by atoms with van der Waals surface area (Å²) in [5.74, 6) is 1.00. The summed E-state index contributed by atoms with van der Waals surface area (Å²) < 4.78 is 7.17. The van der Waals surface area contributed by atoms with E-state index in [0.29, 0.717) is 0 Å². The van der Waals surface area contributed by atoms with Gasteiger partial charge in [0.2, 0.25) is 5.91 Å². The topological polar surface area (TPSA) is 37.7 Å². The zero-order chi connectivity index (χ0) is 21.4. The molecule has 1 fully saturated rings. The highest BCUT2D eigenvalue weighted by atomic mass is 16.5. The molecule has 2 heterocycles. The quantitative estimate of drug-likeness (QED) is 0.488. The molecule has 1 aromatic heterocycles. The predicted octanol–water partition coefficient (Wildman–Crippen LogP) is 4.65. The standard InChI is InChI=1S/C26H27N3O2/c1-19(27-15-17-28(18-16-27)20-11-13-21(31-2)14-12-20)26(30)29-24-9-5-3-7-22(24)23-8-4-6-10-25(23)29/h3-14,19H,15-18H2,1-2H3. The Bertz CT molecular complexity index is 1170. The molecule has 5 nitrogen and oxygen atoms in total. The van der Waals surface area contributed by atoms with E-state index in [-0.39, 0.29) is 11.9 Å². The third-order valence-electron chi connectivity index (χ3n) is 6.46. The second-order valence-electron chi connectivity index (χ2n) is 8.10. The van der Waals surface area contributed by atoms with E-state index in [1.165, 1.54) is 5.69 Å². The van der Waals surface area contributed by atoms with Crippen molar-refractivity contribution in [1.82, 2.24) is 9.47 Å². The van der Waals surface area contributed by atoms with E-state index in [4.69, 9.17) is 4.74 Å². The van der Waals surface area contributed by atoms with Crippen LogP contribution in [0.15, 0.2) is 72.8 Å². The van der Waals surface area contributed by atoms with E-state index in [9.17, 15) is 4.79 Å². The van der Waals surface area contributed by atoms with Crippen LogP contribution in [0.3, 0.4) is 0 Å². The molecule has 5 rings (SSSR count). The van der Waals surface area contributed by atoms with Gasteiger partial charge in [0, 0.05) is 42.6 Å². The van der Waals surface area contributed by atoms with Crippen LogP contribution in [0.25, 0.3) is 21.8 Å². The van der Waals surface area contributed by atoms with Gasteiger partial charge in [-0.15, -0.1) is 0 Å². The van der Waals surface area contributed by atoms with Crippen LogP contribution in [-0.2, 0) is 0 Å². The summed E-state index contributed by atoms with van der Waals surface area (Å²) >= 11 is 0. The lowest BCUT2D eigenvalue weighted by atomic mass is 10.2. The Morgan fingerprint density at radius 2 is 1.35 bits per heavy atom. The number of carbonyl (C=O) groups excluding carboxylic acids is 1. The van der Waals surface area contributed by atoms with E-state index >= 15 is 0 Å². The lowest BCUT2D eigenvalue weighted by Gasteiger charge is -2.38. The van der Waals surface area contributed by atoms with Crippen LogP contribution in [0.1, 0.15) is 11.7 Å². The van der Waals surface area contributed by atoms with Crippen LogP contribution in [-0.4, -0.2) is 54.7 Å². The molecule has 31 heavy (non-hydrogen) atoms. The van der Waals surface area contributed by atoms with Gasteiger partial charge in [0.1, 0.15) is 5.75 Å². The van der Waals surface area contributed by atoms with E-state index in [1.54, 1.807) is 7.11 Å². The Kier molecular flexibility index (Phi) is 5.12. The maximum atomic E-state index is 13.6. The Balaban J connectivity index is 1.36. The van der Waals surface area contributed by atoms with Crippen molar-refractivity contribution in [3.63, 3.8) is 0 Å². The summed E-state index contributed by atoms with van der Waals surface area (Å²) in [6.07, 6.45) is 0. The first-order valence-electron chi connectivity index (χ1n) is 10.8. The Hall–Kier alpha value is -3.31. The van der Waals surface area contributed by atoms with Crippen LogP contribution in [0.2, 0.25) is 0 Å². The molecular formula is C26H27N3O2. The van der Waals surface area contributed by atoms with Crippen LogP contribution in [0, 0.1) is 0 Å². The maximum Gasteiger partial charge on any atom is 0.248 e. The molecule has 3 aromatic carbocycles. The molecule has 4 aromatic rings. The molecule has 1 aliphatic rings. The monoisotopic (exact) mass is 413 g/mol. The summed E-state index contributed by atoms with van der Waals surface area (Å²) in [7, 11) is 1.68. The number of hydrogen-bond acceptors (Lipinski definition) is 4. The van der Waals surface area contributed by atoms with Gasteiger partial charge >= 0.3 is 0 Å². The van der Waals surface area contributed by atoms with Gasteiger partial charge < -0.3 is 9.64 Å². The fraction of sp³-hybridized carbons (Fsp3) is 0.269. The van der Waals surface area contributed by atoms with Crippen molar-refractivity contribution in [3.05, 3.63) is 72.8 Å². The van der Waals surface area contributed by atoms with Gasteiger partial charge in [0.25, 0.3) is 0 Å². The fourth-order valence-corrected chi connectivity index (χ4v) is 4.66. The number of benzene rings is 3. The molecule has 0 radical (unpaired) electrons. The molecule has 158 valence electrons. The molecular weight excluding hydrogens is 386 g/mol. The number of anilines is 1. The molecule has 0 spiro atoms. The zero-order valence-corrected chi connectivity index (χ0v) is 18.0. The zero-order valence-electron chi connectivity index (χ0n) is 18.0. The molecule has 0 aliphatic carbocycles. The summed E-state index contributed by atoms with van der Waals surface area (Å²) in [6.45, 7) is 5.55. The molecule has 0 bridgehead atoms. The second kappa shape index (κ2) is 8.08. The Labute approximate surface area is 182 Å². The van der Waals surface area contributed by atoms with Crippen molar-refractivity contribution in [3.8, 4) is 5.75 Å². The summed E-state index contributed by atoms with van der Waals surface area (Å²) in [5, 5.41) is 2.26. The summed E-state index contributed by atoms with van der Waals surface area (Å²) in [4.78, 5) is 18.3. The van der Waals surface area contributed by atoms with Crippen LogP contribution in [0.4, 0.5) is 5.69 Å². The number of hydrogen-bond donors (Lipinski definition) is 0. The minimum absolute atomic E-state index is 0.135. The number of rotatable bonds is 4. The third-order valence-corrected chi connectivity index (χ3v) is 6.46. The fourth-order valence-electron chi connectivity index (χ4n) is 4.66. The Morgan fingerprint density at radius 3 is 1.90 bits per heavy atom. The van der Waals surface area contributed by atoms with Gasteiger partial charge in [-0.3, -0.25) is 14.3 Å². The average Bonchev–Trinajstić information content (AvgIpc) is 3.18. The largest absolute Gasteiger partial charge is 0.497 e. The van der Waals surface area contributed by atoms with Gasteiger partial charge in [0.05, 0.1) is 24.2 Å². The lowest BCUT2D eigenvalue weighted by Crippen LogP contribution is -2.52. The molecule has 1 aliphatic heterocycles. The van der Waals surface area contributed by atoms with E-state index in [0.717, 1.165) is 53.7 Å². The van der Waals surface area contributed by atoms with Gasteiger partial charge in [-0.2, -0.15) is 0 Å². The van der Waals surface area contributed by atoms with Crippen molar-refractivity contribution in [2.75, 3.05) is 38.2 Å². The first-order valence-corrected chi connectivity index (χ1v) is 10.8. The summed E-state index contributed by atoms with van der Waals surface area (Å²) in [5.41, 5.74) is 3.16. The van der Waals surface area contributed by atoms with E-state index < -0.39 is 0 Å². The van der Waals surface area contributed by atoms with Crippen molar-refractivity contribution < 1.29 is 9.53 Å². The van der Waals surface area contributed by atoms with Gasteiger partial charge in [0.15, 0.2) is 0 Å². The molecule has 0 amide bonds. The molecule has 1 atom stereocenters. The number of fused-ring (bicyclic) bond motifs is 3. The molecule has 0 N–H and O–H groups in total. The van der Waals surface area contributed by atoms with Crippen molar-refractivity contribution in [1.29, 1.82) is 0 Å². The molecule has 0 saturated carbocycles. The average molecular weight is 414 g/mol. The maximum absolute atomic E-state index is 13.6. The normalized spacial score (nSPS) is 16.0. The van der Waals surface area contributed by atoms with Gasteiger partial charge in [-0.25, -0.2) is 0 Å². The van der Waals surface area contributed by atoms with Crippen molar-refractivity contribution >= 4 is 33.4 Å². The number of carbonyl (C=O) groups is 1. The number of para-hydroxylation sites is 2. The second-order valence-corrected chi connectivity index (χ2v) is 8.10. The minimum Gasteiger partial charge on any atom is -0.497 e. The smallest absolute Gasteiger partial charge is 0.248 e. The van der Waals surface area contributed by atoms with Crippen molar-refractivity contribution in [2.45, 2.75) is 13.0 Å². The third kappa shape index (κ3) is 3.45.